The van der Waals surface area contributed by atoms with Crippen molar-refractivity contribution in [2.45, 2.75) is 51.9 Å². The van der Waals surface area contributed by atoms with Crippen molar-refractivity contribution in [3.63, 3.8) is 0 Å². The van der Waals surface area contributed by atoms with Gasteiger partial charge in [-0.2, -0.15) is 0 Å². The van der Waals surface area contributed by atoms with Gasteiger partial charge in [0, 0.05) is 10.8 Å². The van der Waals surface area contributed by atoms with Crippen molar-refractivity contribution in [3.05, 3.63) is 22.5 Å². The lowest BCUT2D eigenvalue weighted by Crippen LogP contribution is -2.27. The molecular formula is C16H23N3S. The van der Waals surface area contributed by atoms with Gasteiger partial charge in [0.15, 0.2) is 0 Å². The van der Waals surface area contributed by atoms with Gasteiger partial charge in [-0.3, -0.25) is 0 Å². The molecule has 0 aromatic carbocycles. The Kier molecular flexibility index (Phi) is 3.55. The minimum atomic E-state index is 0.185. The highest BCUT2D eigenvalue weighted by Crippen LogP contribution is 2.38. The van der Waals surface area contributed by atoms with Gasteiger partial charge in [-0.15, -0.1) is 11.3 Å². The van der Waals surface area contributed by atoms with Gasteiger partial charge in [0.25, 0.3) is 0 Å². The number of nitrogens with zero attached hydrogens (tertiary/aromatic N) is 2. The number of hydrogen-bond donors (Lipinski definition) is 1. The summed E-state index contributed by atoms with van der Waals surface area (Å²) in [5.74, 6) is 1.50. The van der Waals surface area contributed by atoms with Crippen molar-refractivity contribution >= 4 is 21.6 Å². The van der Waals surface area contributed by atoms with Crippen LogP contribution in [-0.4, -0.2) is 23.1 Å². The fourth-order valence-electron chi connectivity index (χ4n) is 2.81. The summed E-state index contributed by atoms with van der Waals surface area (Å²) in [6.45, 7) is 11.0. The molecule has 1 aliphatic heterocycles. The summed E-state index contributed by atoms with van der Waals surface area (Å²) in [7, 11) is 0. The van der Waals surface area contributed by atoms with Crippen LogP contribution >= 0.6 is 11.3 Å². The maximum absolute atomic E-state index is 4.79. The van der Waals surface area contributed by atoms with E-state index in [2.05, 4.69) is 37.1 Å². The van der Waals surface area contributed by atoms with Gasteiger partial charge in [0.05, 0.1) is 15.9 Å². The van der Waals surface area contributed by atoms with Crippen molar-refractivity contribution in [3.8, 4) is 0 Å². The molecule has 0 radical (unpaired) electrons. The molecule has 108 valence electrons. The van der Waals surface area contributed by atoms with E-state index in [1.165, 1.54) is 28.1 Å². The highest BCUT2D eigenvalue weighted by atomic mass is 32.1. The van der Waals surface area contributed by atoms with Gasteiger partial charge in [-0.1, -0.05) is 20.8 Å². The summed E-state index contributed by atoms with van der Waals surface area (Å²) >= 11 is 1.89. The first kappa shape index (κ1) is 14.0. The summed E-state index contributed by atoms with van der Waals surface area (Å²) < 4.78 is 1.31. The number of rotatable bonds is 1. The molecule has 3 heterocycles. The molecule has 3 rings (SSSR count). The molecule has 0 amide bonds. The lowest BCUT2D eigenvalue weighted by molar-refractivity contribution is 0.455. The van der Waals surface area contributed by atoms with Crippen LogP contribution in [0.3, 0.4) is 0 Å². The third kappa shape index (κ3) is 2.59. The number of nitrogens with one attached hydrogen (secondary N) is 1. The van der Waals surface area contributed by atoms with Crippen LogP contribution in [0, 0.1) is 6.92 Å². The zero-order valence-corrected chi connectivity index (χ0v) is 13.6. The largest absolute Gasteiger partial charge is 0.317 e. The smallest absolute Gasteiger partial charge is 0.126 e. The molecule has 4 heteroatoms. The Morgan fingerprint density at radius 2 is 1.90 bits per heavy atom. The van der Waals surface area contributed by atoms with E-state index in [0.717, 1.165) is 24.4 Å². The van der Waals surface area contributed by atoms with Crippen molar-refractivity contribution in [2.24, 2.45) is 0 Å². The van der Waals surface area contributed by atoms with Crippen LogP contribution in [0.2, 0.25) is 0 Å². The zero-order valence-electron chi connectivity index (χ0n) is 12.8. The van der Waals surface area contributed by atoms with Crippen molar-refractivity contribution in [2.75, 3.05) is 13.1 Å². The molecule has 0 atom stereocenters. The van der Waals surface area contributed by atoms with Gasteiger partial charge in [-0.05, 0) is 44.3 Å². The quantitative estimate of drug-likeness (QED) is 0.868. The molecule has 3 nitrogen and oxygen atoms in total. The lowest BCUT2D eigenvalue weighted by atomic mass is 9.93. The molecule has 1 saturated heterocycles. The summed E-state index contributed by atoms with van der Waals surface area (Å²) in [6.07, 6.45) is 2.38. The Morgan fingerprint density at radius 1 is 1.20 bits per heavy atom. The van der Waals surface area contributed by atoms with E-state index in [9.17, 15) is 0 Å². The number of aryl methyl sites for hydroxylation is 1. The second-order valence-corrected chi connectivity index (χ2v) is 7.81. The van der Waals surface area contributed by atoms with Crippen LogP contribution in [-0.2, 0) is 5.41 Å². The van der Waals surface area contributed by atoms with Crippen LogP contribution in [0.5, 0.6) is 0 Å². The van der Waals surface area contributed by atoms with Crippen molar-refractivity contribution in [1.82, 2.24) is 15.3 Å². The normalized spacial score (nSPS) is 17.8. The minimum Gasteiger partial charge on any atom is -0.317 e. The topological polar surface area (TPSA) is 37.8 Å². The molecule has 0 aliphatic carbocycles. The molecule has 2 aromatic rings. The average molecular weight is 289 g/mol. The van der Waals surface area contributed by atoms with E-state index in [4.69, 9.17) is 4.98 Å². The Hall–Kier alpha value is -1.00. The monoisotopic (exact) mass is 289 g/mol. The third-order valence-electron chi connectivity index (χ3n) is 3.97. The second-order valence-electron chi connectivity index (χ2n) is 6.76. The standard InChI is InChI=1S/C16H23N3S/c1-10-18-12-9-13(16(2,3)4)20-15(12)14(19-10)11-5-7-17-8-6-11/h9,11,17H,5-8H2,1-4H3. The van der Waals surface area contributed by atoms with Crippen LogP contribution in [0.4, 0.5) is 0 Å². The van der Waals surface area contributed by atoms with Gasteiger partial charge < -0.3 is 5.32 Å². The predicted molar refractivity (Wildman–Crippen MR) is 85.7 cm³/mol. The molecule has 0 spiro atoms. The SMILES string of the molecule is Cc1nc(C2CCNCC2)c2sc(C(C)(C)C)cc2n1. The number of piperidine rings is 1. The van der Waals surface area contributed by atoms with Crippen molar-refractivity contribution in [1.29, 1.82) is 0 Å². The van der Waals surface area contributed by atoms with Crippen molar-refractivity contribution < 1.29 is 0 Å². The Labute approximate surface area is 124 Å². The molecule has 20 heavy (non-hydrogen) atoms. The zero-order chi connectivity index (χ0) is 14.3. The van der Waals surface area contributed by atoms with E-state index in [1.807, 2.05) is 18.3 Å². The average Bonchev–Trinajstić information content (AvgIpc) is 2.82. The van der Waals surface area contributed by atoms with Gasteiger partial charge in [0.1, 0.15) is 5.82 Å². The molecular weight excluding hydrogens is 266 g/mol. The first-order valence-corrected chi connectivity index (χ1v) is 8.26. The molecule has 0 saturated carbocycles. The summed E-state index contributed by atoms with van der Waals surface area (Å²) in [5, 5.41) is 3.44. The maximum atomic E-state index is 4.79. The van der Waals surface area contributed by atoms with E-state index < -0.39 is 0 Å². The Morgan fingerprint density at radius 3 is 2.55 bits per heavy atom. The van der Waals surface area contributed by atoms with E-state index >= 15 is 0 Å². The van der Waals surface area contributed by atoms with Crippen LogP contribution < -0.4 is 5.32 Å². The summed E-state index contributed by atoms with van der Waals surface area (Å²) in [6, 6.07) is 2.26. The van der Waals surface area contributed by atoms with Crippen LogP contribution in [0.25, 0.3) is 10.2 Å². The number of aromatic nitrogens is 2. The molecule has 1 aliphatic rings. The fraction of sp³-hybridized carbons (Fsp3) is 0.625. The highest BCUT2D eigenvalue weighted by Gasteiger charge is 2.24. The van der Waals surface area contributed by atoms with Crippen LogP contribution in [0.1, 0.15) is 55.9 Å². The molecule has 1 fully saturated rings. The van der Waals surface area contributed by atoms with E-state index in [0.29, 0.717) is 5.92 Å². The minimum absolute atomic E-state index is 0.185. The molecule has 0 unspecified atom stereocenters. The number of thiophene rings is 1. The molecule has 2 aromatic heterocycles. The summed E-state index contributed by atoms with van der Waals surface area (Å²) in [5.41, 5.74) is 2.61. The van der Waals surface area contributed by atoms with Gasteiger partial charge in [-0.25, -0.2) is 9.97 Å². The summed E-state index contributed by atoms with van der Waals surface area (Å²) in [4.78, 5) is 10.8. The second kappa shape index (κ2) is 5.08. The molecule has 0 bridgehead atoms. The van der Waals surface area contributed by atoms with E-state index in [-0.39, 0.29) is 5.41 Å². The fourth-order valence-corrected chi connectivity index (χ4v) is 4.04. The predicted octanol–water partition coefficient (Wildman–Crippen LogP) is 3.76. The Bertz CT molecular complexity index is 618. The maximum Gasteiger partial charge on any atom is 0.126 e. The Balaban J connectivity index is 2.12. The first-order valence-electron chi connectivity index (χ1n) is 7.44. The van der Waals surface area contributed by atoms with E-state index in [1.54, 1.807) is 0 Å². The first-order chi connectivity index (χ1) is 9.45. The molecule has 1 N–H and O–H groups in total. The number of hydrogen-bond acceptors (Lipinski definition) is 4. The third-order valence-corrected chi connectivity index (χ3v) is 5.55. The lowest BCUT2D eigenvalue weighted by Gasteiger charge is -2.22. The number of fused-ring (bicyclic) bond motifs is 1. The van der Waals surface area contributed by atoms with Gasteiger partial charge in [0.2, 0.25) is 0 Å². The highest BCUT2D eigenvalue weighted by molar-refractivity contribution is 7.19. The van der Waals surface area contributed by atoms with Crippen LogP contribution in [0.15, 0.2) is 6.07 Å². The van der Waals surface area contributed by atoms with Gasteiger partial charge >= 0.3 is 0 Å².